The van der Waals surface area contributed by atoms with E-state index in [2.05, 4.69) is 37.4 Å². The number of hydrogen-bond acceptors (Lipinski definition) is 3. The van der Waals surface area contributed by atoms with Gasteiger partial charge in [0, 0.05) is 18.5 Å². The predicted octanol–water partition coefficient (Wildman–Crippen LogP) is 2.79. The first kappa shape index (κ1) is 13.5. The van der Waals surface area contributed by atoms with E-state index in [0.717, 1.165) is 25.3 Å². The zero-order valence-corrected chi connectivity index (χ0v) is 10.6. The molecule has 3 nitrogen and oxygen atoms in total. The molecule has 0 aliphatic rings. The summed E-state index contributed by atoms with van der Waals surface area (Å²) in [5.41, 5.74) is 2.42. The molecule has 0 aliphatic carbocycles. The van der Waals surface area contributed by atoms with Gasteiger partial charge in [-0.2, -0.15) is 5.26 Å². The first-order valence-electron chi connectivity index (χ1n) is 6.08. The Kier molecular flexibility index (Phi) is 6.13. The van der Waals surface area contributed by atoms with E-state index in [9.17, 15) is 0 Å². The molecule has 92 valence electrons. The molecule has 17 heavy (non-hydrogen) atoms. The molecule has 0 amide bonds. The number of unbranched alkanes of at least 4 members (excludes halogenated alkanes) is 1. The van der Waals surface area contributed by atoms with Gasteiger partial charge in [-0.15, -0.1) is 0 Å². The maximum Gasteiger partial charge on any atom is 0.123 e. The van der Waals surface area contributed by atoms with Crippen molar-refractivity contribution in [1.82, 2.24) is 5.32 Å². The van der Waals surface area contributed by atoms with Gasteiger partial charge in [-0.05, 0) is 26.0 Å². The molecule has 0 saturated carbocycles. The lowest BCUT2D eigenvalue weighted by Gasteiger charge is -2.12. The van der Waals surface area contributed by atoms with Gasteiger partial charge in [0.2, 0.25) is 0 Å². The Balaban J connectivity index is 2.59. The molecule has 0 saturated heterocycles. The summed E-state index contributed by atoms with van der Waals surface area (Å²) in [4.78, 5) is 0. The number of nitrogens with one attached hydrogen (secondary N) is 1. The van der Waals surface area contributed by atoms with Crippen LogP contribution in [0, 0.1) is 18.3 Å². The third-order valence-electron chi connectivity index (χ3n) is 2.47. The van der Waals surface area contributed by atoms with Crippen molar-refractivity contribution < 1.29 is 4.74 Å². The Bertz CT molecular complexity index is 382. The number of ether oxygens (including phenoxy) is 1. The summed E-state index contributed by atoms with van der Waals surface area (Å²) in [7, 11) is 0. The van der Waals surface area contributed by atoms with Crippen LogP contribution in [0.25, 0.3) is 0 Å². The van der Waals surface area contributed by atoms with Crippen LogP contribution in [0.4, 0.5) is 0 Å². The van der Waals surface area contributed by atoms with Crippen molar-refractivity contribution in [2.45, 2.75) is 33.2 Å². The highest BCUT2D eigenvalue weighted by atomic mass is 16.5. The molecule has 0 aromatic heterocycles. The second kappa shape index (κ2) is 7.70. The summed E-state index contributed by atoms with van der Waals surface area (Å²) in [5, 5.41) is 11.8. The second-order valence-corrected chi connectivity index (χ2v) is 4.00. The number of hydrogen-bond donors (Lipinski definition) is 1. The van der Waals surface area contributed by atoms with Crippen molar-refractivity contribution in [2.75, 3.05) is 13.2 Å². The molecule has 0 fully saturated rings. The SMILES string of the molecule is CCNCc1cc(C)ccc1OCCCC#N. The number of nitriles is 1. The lowest BCUT2D eigenvalue weighted by atomic mass is 10.1. The highest BCUT2D eigenvalue weighted by Gasteiger charge is 2.03. The summed E-state index contributed by atoms with van der Waals surface area (Å²) in [6.07, 6.45) is 1.33. The summed E-state index contributed by atoms with van der Waals surface area (Å²) < 4.78 is 5.70. The van der Waals surface area contributed by atoms with E-state index in [0.29, 0.717) is 13.0 Å². The molecular formula is C14H20N2O. The second-order valence-electron chi connectivity index (χ2n) is 4.00. The van der Waals surface area contributed by atoms with E-state index < -0.39 is 0 Å². The molecule has 0 bridgehead atoms. The van der Waals surface area contributed by atoms with Gasteiger partial charge in [0.05, 0.1) is 12.7 Å². The largest absolute Gasteiger partial charge is 0.493 e. The highest BCUT2D eigenvalue weighted by molar-refractivity contribution is 5.36. The average molecular weight is 232 g/mol. The van der Waals surface area contributed by atoms with Crippen molar-refractivity contribution in [3.63, 3.8) is 0 Å². The van der Waals surface area contributed by atoms with Crippen LogP contribution >= 0.6 is 0 Å². The maximum absolute atomic E-state index is 8.46. The number of nitrogens with zero attached hydrogens (tertiary/aromatic N) is 1. The van der Waals surface area contributed by atoms with Gasteiger partial charge in [0.25, 0.3) is 0 Å². The van der Waals surface area contributed by atoms with E-state index in [1.807, 2.05) is 6.07 Å². The van der Waals surface area contributed by atoms with Gasteiger partial charge in [0.1, 0.15) is 5.75 Å². The smallest absolute Gasteiger partial charge is 0.123 e. The topological polar surface area (TPSA) is 45.0 Å². The summed E-state index contributed by atoms with van der Waals surface area (Å²) in [5.74, 6) is 0.925. The zero-order chi connectivity index (χ0) is 12.5. The lowest BCUT2D eigenvalue weighted by molar-refractivity contribution is 0.308. The van der Waals surface area contributed by atoms with Crippen LogP contribution in [0.2, 0.25) is 0 Å². The predicted molar refractivity (Wildman–Crippen MR) is 68.9 cm³/mol. The molecule has 0 aliphatic heterocycles. The fourth-order valence-electron chi connectivity index (χ4n) is 1.58. The van der Waals surface area contributed by atoms with E-state index in [1.54, 1.807) is 0 Å². The minimum absolute atomic E-state index is 0.550. The van der Waals surface area contributed by atoms with Gasteiger partial charge in [0.15, 0.2) is 0 Å². The van der Waals surface area contributed by atoms with Crippen LogP contribution in [0.5, 0.6) is 5.75 Å². The molecular weight excluding hydrogens is 212 g/mol. The van der Waals surface area contributed by atoms with Gasteiger partial charge in [-0.25, -0.2) is 0 Å². The quantitative estimate of drug-likeness (QED) is 0.735. The minimum Gasteiger partial charge on any atom is -0.493 e. The molecule has 1 aromatic rings. The van der Waals surface area contributed by atoms with Crippen molar-refractivity contribution in [1.29, 1.82) is 5.26 Å². The number of rotatable bonds is 7. The Hall–Kier alpha value is -1.53. The Morgan fingerprint density at radius 1 is 1.41 bits per heavy atom. The van der Waals surface area contributed by atoms with Gasteiger partial charge in [-0.1, -0.05) is 24.6 Å². The van der Waals surface area contributed by atoms with Crippen molar-refractivity contribution in [3.8, 4) is 11.8 Å². The fraction of sp³-hybridized carbons (Fsp3) is 0.500. The van der Waals surface area contributed by atoms with Crippen LogP contribution in [-0.2, 0) is 6.54 Å². The van der Waals surface area contributed by atoms with Gasteiger partial charge < -0.3 is 10.1 Å². The van der Waals surface area contributed by atoms with Crippen LogP contribution in [0.15, 0.2) is 18.2 Å². The summed E-state index contributed by atoms with van der Waals surface area (Å²) >= 11 is 0. The third-order valence-corrected chi connectivity index (χ3v) is 2.47. The van der Waals surface area contributed by atoms with E-state index in [1.165, 1.54) is 11.1 Å². The minimum atomic E-state index is 0.550. The fourth-order valence-corrected chi connectivity index (χ4v) is 1.58. The summed E-state index contributed by atoms with van der Waals surface area (Å²) in [6, 6.07) is 8.32. The molecule has 0 atom stereocenters. The normalized spacial score (nSPS) is 9.94. The lowest BCUT2D eigenvalue weighted by Crippen LogP contribution is -2.13. The molecule has 1 N–H and O–H groups in total. The zero-order valence-electron chi connectivity index (χ0n) is 10.6. The first-order valence-corrected chi connectivity index (χ1v) is 6.08. The molecule has 0 unspecified atom stereocenters. The Morgan fingerprint density at radius 3 is 2.94 bits per heavy atom. The molecule has 3 heteroatoms. The average Bonchev–Trinajstić information content (AvgIpc) is 2.34. The van der Waals surface area contributed by atoms with E-state index in [-0.39, 0.29) is 0 Å². The standard InChI is InChI=1S/C14H20N2O/c1-3-16-11-13-10-12(2)6-7-14(13)17-9-5-4-8-15/h6-7,10,16H,3-5,9,11H2,1-2H3. The molecule has 0 heterocycles. The van der Waals surface area contributed by atoms with Gasteiger partial charge in [-0.3, -0.25) is 0 Å². The summed E-state index contributed by atoms with van der Waals surface area (Å²) in [6.45, 7) is 6.54. The molecule has 0 spiro atoms. The van der Waals surface area contributed by atoms with Crippen molar-refractivity contribution in [2.24, 2.45) is 0 Å². The van der Waals surface area contributed by atoms with Crippen molar-refractivity contribution >= 4 is 0 Å². The third kappa shape index (κ3) is 4.88. The van der Waals surface area contributed by atoms with Gasteiger partial charge >= 0.3 is 0 Å². The highest BCUT2D eigenvalue weighted by Crippen LogP contribution is 2.20. The Labute approximate surface area is 103 Å². The Morgan fingerprint density at radius 2 is 2.24 bits per heavy atom. The maximum atomic E-state index is 8.46. The van der Waals surface area contributed by atoms with E-state index >= 15 is 0 Å². The van der Waals surface area contributed by atoms with E-state index in [4.69, 9.17) is 10.00 Å². The monoisotopic (exact) mass is 232 g/mol. The number of benzene rings is 1. The molecule has 0 radical (unpaired) electrons. The first-order chi connectivity index (χ1) is 8.27. The number of aryl methyl sites for hydroxylation is 1. The molecule has 1 aromatic carbocycles. The van der Waals surface area contributed by atoms with Crippen molar-refractivity contribution in [3.05, 3.63) is 29.3 Å². The molecule has 1 rings (SSSR count). The van der Waals surface area contributed by atoms with Crippen LogP contribution in [0.3, 0.4) is 0 Å². The van der Waals surface area contributed by atoms with Crippen LogP contribution in [-0.4, -0.2) is 13.2 Å². The van der Waals surface area contributed by atoms with Crippen LogP contribution < -0.4 is 10.1 Å². The van der Waals surface area contributed by atoms with Crippen LogP contribution in [0.1, 0.15) is 30.9 Å².